The van der Waals surface area contributed by atoms with Crippen LogP contribution in [0.1, 0.15) is 16.8 Å². The lowest BCUT2D eigenvalue weighted by atomic mass is 10.2. The molecule has 2 aromatic carbocycles. The Morgan fingerprint density at radius 2 is 2.00 bits per heavy atom. The number of ether oxygens (including phenoxy) is 1. The molecule has 2 aromatic rings. The molecule has 24 heavy (non-hydrogen) atoms. The Bertz CT molecular complexity index is 743. The summed E-state index contributed by atoms with van der Waals surface area (Å²) in [5.74, 6) is 0.488. The zero-order chi connectivity index (χ0) is 16.9. The maximum atomic E-state index is 12.3. The van der Waals surface area contributed by atoms with Crippen LogP contribution < -0.4 is 20.3 Å². The standard InChI is InChI=1S/C18H19N3O3/c1-24-16-8-6-13(7-9-16)17(22)20-14-4-2-5-15(12-14)21-11-3-10-19-18(21)23/h2,4-9,12H,3,10-11H2,1H3,(H,19,23)(H,20,22). The number of urea groups is 1. The molecule has 1 saturated heterocycles. The van der Waals surface area contributed by atoms with Gasteiger partial charge in [-0.1, -0.05) is 6.07 Å². The van der Waals surface area contributed by atoms with Gasteiger partial charge in [-0.05, 0) is 48.9 Å². The molecule has 124 valence electrons. The second kappa shape index (κ2) is 7.04. The average molecular weight is 325 g/mol. The van der Waals surface area contributed by atoms with Crippen molar-refractivity contribution in [1.29, 1.82) is 0 Å². The monoisotopic (exact) mass is 325 g/mol. The Hall–Kier alpha value is -3.02. The molecule has 3 rings (SSSR count). The van der Waals surface area contributed by atoms with Crippen LogP contribution >= 0.6 is 0 Å². The van der Waals surface area contributed by atoms with Crippen molar-refractivity contribution in [3.8, 4) is 5.75 Å². The van der Waals surface area contributed by atoms with E-state index in [2.05, 4.69) is 10.6 Å². The van der Waals surface area contributed by atoms with Gasteiger partial charge in [0.1, 0.15) is 5.75 Å². The summed E-state index contributed by atoms with van der Waals surface area (Å²) >= 11 is 0. The zero-order valence-corrected chi connectivity index (χ0v) is 13.4. The van der Waals surface area contributed by atoms with Crippen molar-refractivity contribution in [2.75, 3.05) is 30.4 Å². The molecule has 0 unspecified atom stereocenters. The van der Waals surface area contributed by atoms with Crippen molar-refractivity contribution >= 4 is 23.3 Å². The fourth-order valence-corrected chi connectivity index (χ4v) is 2.57. The molecule has 3 amide bonds. The number of rotatable bonds is 4. The highest BCUT2D eigenvalue weighted by Gasteiger charge is 2.19. The molecule has 0 aliphatic carbocycles. The predicted octanol–water partition coefficient (Wildman–Crippen LogP) is 2.87. The molecule has 0 atom stereocenters. The maximum Gasteiger partial charge on any atom is 0.321 e. The minimum Gasteiger partial charge on any atom is -0.497 e. The Labute approximate surface area is 140 Å². The summed E-state index contributed by atoms with van der Waals surface area (Å²) in [4.78, 5) is 25.9. The summed E-state index contributed by atoms with van der Waals surface area (Å²) in [5.41, 5.74) is 1.95. The molecular weight excluding hydrogens is 306 g/mol. The van der Waals surface area contributed by atoms with E-state index in [1.807, 2.05) is 12.1 Å². The van der Waals surface area contributed by atoms with Gasteiger partial charge in [-0.2, -0.15) is 0 Å². The van der Waals surface area contributed by atoms with Crippen LogP contribution in [0, 0.1) is 0 Å². The predicted molar refractivity (Wildman–Crippen MR) is 92.8 cm³/mol. The number of nitrogens with one attached hydrogen (secondary N) is 2. The van der Waals surface area contributed by atoms with Crippen molar-refractivity contribution < 1.29 is 14.3 Å². The Morgan fingerprint density at radius 1 is 1.21 bits per heavy atom. The SMILES string of the molecule is COc1ccc(C(=O)Nc2cccc(N3CCCNC3=O)c2)cc1. The number of benzene rings is 2. The van der Waals surface area contributed by atoms with Crippen molar-refractivity contribution in [3.63, 3.8) is 0 Å². The highest BCUT2D eigenvalue weighted by molar-refractivity contribution is 6.04. The molecule has 0 spiro atoms. The van der Waals surface area contributed by atoms with Gasteiger partial charge in [-0.15, -0.1) is 0 Å². The van der Waals surface area contributed by atoms with Crippen molar-refractivity contribution in [2.24, 2.45) is 0 Å². The third kappa shape index (κ3) is 3.48. The number of hydrogen-bond acceptors (Lipinski definition) is 3. The van der Waals surface area contributed by atoms with E-state index >= 15 is 0 Å². The highest BCUT2D eigenvalue weighted by atomic mass is 16.5. The van der Waals surface area contributed by atoms with Gasteiger partial charge < -0.3 is 15.4 Å². The van der Waals surface area contributed by atoms with Crippen LogP contribution in [-0.2, 0) is 0 Å². The first-order valence-corrected chi connectivity index (χ1v) is 7.78. The number of amides is 3. The molecule has 1 aliphatic rings. The molecule has 1 heterocycles. The summed E-state index contributed by atoms with van der Waals surface area (Å²) in [6.07, 6.45) is 0.897. The largest absolute Gasteiger partial charge is 0.497 e. The summed E-state index contributed by atoms with van der Waals surface area (Å²) < 4.78 is 5.09. The first-order chi connectivity index (χ1) is 11.7. The number of nitrogens with zero attached hydrogens (tertiary/aromatic N) is 1. The molecule has 0 saturated carbocycles. The van der Waals surface area contributed by atoms with Gasteiger partial charge in [0.25, 0.3) is 5.91 Å². The van der Waals surface area contributed by atoms with Gasteiger partial charge in [0, 0.05) is 30.0 Å². The van der Waals surface area contributed by atoms with Gasteiger partial charge >= 0.3 is 6.03 Å². The molecule has 0 radical (unpaired) electrons. The van der Waals surface area contributed by atoms with E-state index in [4.69, 9.17) is 4.74 Å². The van der Waals surface area contributed by atoms with Crippen LogP contribution in [0.4, 0.5) is 16.2 Å². The maximum absolute atomic E-state index is 12.3. The van der Waals surface area contributed by atoms with Gasteiger partial charge in [-0.25, -0.2) is 4.79 Å². The van der Waals surface area contributed by atoms with Crippen LogP contribution in [0.2, 0.25) is 0 Å². The Balaban J connectivity index is 1.73. The molecule has 1 aliphatic heterocycles. The lowest BCUT2D eigenvalue weighted by Crippen LogP contribution is -2.46. The minimum atomic E-state index is -0.210. The van der Waals surface area contributed by atoms with Gasteiger partial charge in [0.05, 0.1) is 7.11 Å². The summed E-state index contributed by atoms with van der Waals surface area (Å²) in [5, 5.41) is 5.67. The normalized spacial score (nSPS) is 14.0. The first kappa shape index (κ1) is 15.9. The van der Waals surface area contributed by atoms with E-state index in [-0.39, 0.29) is 11.9 Å². The third-order valence-electron chi connectivity index (χ3n) is 3.85. The summed E-state index contributed by atoms with van der Waals surface area (Å²) in [7, 11) is 1.58. The Morgan fingerprint density at radius 3 is 2.71 bits per heavy atom. The quantitative estimate of drug-likeness (QED) is 0.908. The summed E-state index contributed by atoms with van der Waals surface area (Å²) in [6.45, 7) is 1.37. The fourth-order valence-electron chi connectivity index (χ4n) is 2.57. The van der Waals surface area contributed by atoms with E-state index in [0.29, 0.717) is 30.1 Å². The first-order valence-electron chi connectivity index (χ1n) is 7.78. The molecule has 6 heteroatoms. The van der Waals surface area contributed by atoms with Gasteiger partial charge in [0.15, 0.2) is 0 Å². The number of carbonyl (C=O) groups is 2. The average Bonchev–Trinajstić information content (AvgIpc) is 2.62. The van der Waals surface area contributed by atoms with Crippen molar-refractivity contribution in [3.05, 3.63) is 54.1 Å². The van der Waals surface area contributed by atoms with E-state index in [1.165, 1.54) is 0 Å². The minimum absolute atomic E-state index is 0.111. The molecule has 0 bridgehead atoms. The molecule has 1 fully saturated rings. The van der Waals surface area contributed by atoms with E-state index < -0.39 is 0 Å². The third-order valence-corrected chi connectivity index (χ3v) is 3.85. The van der Waals surface area contributed by atoms with Crippen LogP contribution in [0.5, 0.6) is 5.75 Å². The van der Waals surface area contributed by atoms with Crippen molar-refractivity contribution in [2.45, 2.75) is 6.42 Å². The van der Waals surface area contributed by atoms with Crippen molar-refractivity contribution in [1.82, 2.24) is 5.32 Å². The fraction of sp³-hybridized carbons (Fsp3) is 0.222. The van der Waals surface area contributed by atoms with Crippen LogP contribution in [-0.4, -0.2) is 32.1 Å². The van der Waals surface area contributed by atoms with E-state index in [9.17, 15) is 9.59 Å². The number of anilines is 2. The van der Waals surface area contributed by atoms with Crippen LogP contribution in [0.25, 0.3) is 0 Å². The van der Waals surface area contributed by atoms with Crippen LogP contribution in [0.3, 0.4) is 0 Å². The lowest BCUT2D eigenvalue weighted by molar-refractivity contribution is 0.102. The second-order valence-electron chi connectivity index (χ2n) is 5.47. The topological polar surface area (TPSA) is 70.7 Å². The smallest absolute Gasteiger partial charge is 0.321 e. The Kier molecular flexibility index (Phi) is 4.65. The molecule has 0 aromatic heterocycles. The molecule has 6 nitrogen and oxygen atoms in total. The second-order valence-corrected chi connectivity index (χ2v) is 5.47. The number of carbonyl (C=O) groups excluding carboxylic acids is 2. The zero-order valence-electron chi connectivity index (χ0n) is 13.4. The highest BCUT2D eigenvalue weighted by Crippen LogP contribution is 2.22. The summed E-state index contributed by atoms with van der Waals surface area (Å²) in [6, 6.07) is 14.0. The van der Waals surface area contributed by atoms with E-state index in [0.717, 1.165) is 12.1 Å². The van der Waals surface area contributed by atoms with Crippen LogP contribution in [0.15, 0.2) is 48.5 Å². The van der Waals surface area contributed by atoms with E-state index in [1.54, 1.807) is 48.4 Å². The molecular formula is C18H19N3O3. The van der Waals surface area contributed by atoms with Gasteiger partial charge in [0.2, 0.25) is 0 Å². The number of hydrogen-bond donors (Lipinski definition) is 2. The lowest BCUT2D eigenvalue weighted by Gasteiger charge is -2.27. The van der Waals surface area contributed by atoms with Gasteiger partial charge in [-0.3, -0.25) is 9.69 Å². The molecule has 2 N–H and O–H groups in total. The number of methoxy groups -OCH3 is 1.